The average molecular weight is 193 g/mol. The Hall–Kier alpha value is -1.69. The lowest BCUT2D eigenvalue weighted by Crippen LogP contribution is -2.07. The Kier molecular flexibility index (Phi) is 2.28. The van der Waals surface area contributed by atoms with Crippen molar-refractivity contribution in [3.63, 3.8) is 0 Å². The summed E-state index contributed by atoms with van der Waals surface area (Å²) in [6.45, 7) is 0.548. The first-order valence-corrected chi connectivity index (χ1v) is 4.30. The van der Waals surface area contributed by atoms with E-state index >= 15 is 0 Å². The van der Waals surface area contributed by atoms with E-state index in [-0.39, 0.29) is 6.61 Å². The molecule has 6 heteroatoms. The molecule has 0 aromatic carbocycles. The summed E-state index contributed by atoms with van der Waals surface area (Å²) in [7, 11) is 1.82. The largest absolute Gasteiger partial charge is 0.395 e. The van der Waals surface area contributed by atoms with Gasteiger partial charge in [0.25, 0.3) is 0 Å². The van der Waals surface area contributed by atoms with Crippen LogP contribution in [0.2, 0.25) is 0 Å². The zero-order valence-electron chi connectivity index (χ0n) is 7.80. The van der Waals surface area contributed by atoms with Gasteiger partial charge in [0.15, 0.2) is 5.65 Å². The van der Waals surface area contributed by atoms with Crippen molar-refractivity contribution in [2.75, 3.05) is 18.5 Å². The molecule has 0 radical (unpaired) electrons. The summed E-state index contributed by atoms with van der Waals surface area (Å²) < 4.78 is 1.68. The highest BCUT2D eigenvalue weighted by atomic mass is 16.3. The number of aliphatic hydroxyl groups excluding tert-OH is 1. The van der Waals surface area contributed by atoms with E-state index in [1.165, 1.54) is 6.33 Å². The second-order valence-corrected chi connectivity index (χ2v) is 2.88. The number of rotatable bonds is 3. The lowest BCUT2D eigenvalue weighted by atomic mass is 10.4. The van der Waals surface area contributed by atoms with E-state index in [2.05, 4.69) is 20.4 Å². The molecule has 0 fully saturated rings. The van der Waals surface area contributed by atoms with E-state index < -0.39 is 0 Å². The first kappa shape index (κ1) is 8.89. The van der Waals surface area contributed by atoms with Crippen molar-refractivity contribution in [2.45, 2.75) is 0 Å². The molecular weight excluding hydrogens is 182 g/mol. The van der Waals surface area contributed by atoms with Gasteiger partial charge < -0.3 is 10.4 Å². The molecule has 2 heterocycles. The van der Waals surface area contributed by atoms with Crippen LogP contribution in [-0.4, -0.2) is 38.0 Å². The standard InChI is InChI=1S/C8H11N5O/c1-13-8-6(4-12-13)7(9-2-3-14)10-5-11-8/h4-5,14H,2-3H2,1H3,(H,9,10,11). The molecule has 0 saturated heterocycles. The van der Waals surface area contributed by atoms with Gasteiger partial charge in [0.1, 0.15) is 12.1 Å². The molecule has 2 N–H and O–H groups in total. The summed E-state index contributed by atoms with van der Waals surface area (Å²) in [6.07, 6.45) is 3.18. The van der Waals surface area contributed by atoms with E-state index in [1.54, 1.807) is 10.9 Å². The molecule has 2 aromatic heterocycles. The number of aliphatic hydroxyl groups is 1. The van der Waals surface area contributed by atoms with Crippen molar-refractivity contribution in [3.05, 3.63) is 12.5 Å². The zero-order valence-corrected chi connectivity index (χ0v) is 7.80. The minimum absolute atomic E-state index is 0.0752. The molecule has 0 saturated carbocycles. The van der Waals surface area contributed by atoms with Crippen LogP contribution in [0, 0.1) is 0 Å². The summed E-state index contributed by atoms with van der Waals surface area (Å²) >= 11 is 0. The quantitative estimate of drug-likeness (QED) is 0.704. The van der Waals surface area contributed by atoms with Crippen molar-refractivity contribution in [2.24, 2.45) is 7.05 Å². The first-order valence-electron chi connectivity index (χ1n) is 4.30. The smallest absolute Gasteiger partial charge is 0.163 e. The molecular formula is C8H11N5O. The number of aromatic nitrogens is 4. The predicted octanol–water partition coefficient (Wildman–Crippen LogP) is -0.233. The fraction of sp³-hybridized carbons (Fsp3) is 0.375. The van der Waals surface area contributed by atoms with Crippen LogP contribution >= 0.6 is 0 Å². The van der Waals surface area contributed by atoms with Crippen LogP contribution in [0.3, 0.4) is 0 Å². The van der Waals surface area contributed by atoms with Crippen LogP contribution in [0.4, 0.5) is 5.82 Å². The number of fused-ring (bicyclic) bond motifs is 1. The molecule has 0 amide bonds. The van der Waals surface area contributed by atoms with Gasteiger partial charge in [0.05, 0.1) is 18.2 Å². The first-order chi connectivity index (χ1) is 6.83. The van der Waals surface area contributed by atoms with Gasteiger partial charge in [-0.3, -0.25) is 4.68 Å². The minimum atomic E-state index is 0.0752. The van der Waals surface area contributed by atoms with Crippen molar-refractivity contribution in [1.29, 1.82) is 0 Å². The highest BCUT2D eigenvalue weighted by Gasteiger charge is 2.06. The Morgan fingerprint density at radius 2 is 2.36 bits per heavy atom. The lowest BCUT2D eigenvalue weighted by Gasteiger charge is -2.03. The van der Waals surface area contributed by atoms with Crippen LogP contribution in [0.15, 0.2) is 12.5 Å². The van der Waals surface area contributed by atoms with Gasteiger partial charge in [-0.15, -0.1) is 0 Å². The van der Waals surface area contributed by atoms with Gasteiger partial charge in [-0.05, 0) is 0 Å². The van der Waals surface area contributed by atoms with Gasteiger partial charge >= 0.3 is 0 Å². The summed E-state index contributed by atoms with van der Waals surface area (Å²) in [5, 5.41) is 16.6. The number of nitrogens with zero attached hydrogens (tertiary/aromatic N) is 4. The summed E-state index contributed by atoms with van der Waals surface area (Å²) in [4.78, 5) is 8.17. The maximum absolute atomic E-state index is 8.68. The highest BCUT2D eigenvalue weighted by molar-refractivity contribution is 5.85. The molecule has 0 aliphatic heterocycles. The Bertz CT molecular complexity index is 438. The van der Waals surface area contributed by atoms with Gasteiger partial charge in [0.2, 0.25) is 0 Å². The predicted molar refractivity (Wildman–Crippen MR) is 51.9 cm³/mol. The number of nitrogens with one attached hydrogen (secondary N) is 1. The molecule has 0 spiro atoms. The van der Waals surface area contributed by atoms with Crippen LogP contribution in [0.25, 0.3) is 11.0 Å². The highest BCUT2D eigenvalue weighted by Crippen LogP contribution is 2.16. The summed E-state index contributed by atoms with van der Waals surface area (Å²) in [6, 6.07) is 0. The third kappa shape index (κ3) is 1.39. The van der Waals surface area contributed by atoms with Crippen molar-refractivity contribution < 1.29 is 5.11 Å². The number of anilines is 1. The van der Waals surface area contributed by atoms with Crippen molar-refractivity contribution in [1.82, 2.24) is 19.7 Å². The topological polar surface area (TPSA) is 75.9 Å². The maximum Gasteiger partial charge on any atom is 0.163 e. The van der Waals surface area contributed by atoms with Gasteiger partial charge in [-0.2, -0.15) is 5.10 Å². The van der Waals surface area contributed by atoms with Gasteiger partial charge in [0, 0.05) is 13.6 Å². The van der Waals surface area contributed by atoms with Crippen LogP contribution in [0.1, 0.15) is 0 Å². The summed E-state index contributed by atoms with van der Waals surface area (Å²) in [5.41, 5.74) is 0.778. The number of hydrogen-bond donors (Lipinski definition) is 2. The van der Waals surface area contributed by atoms with Crippen LogP contribution in [-0.2, 0) is 7.05 Å². The molecule has 0 atom stereocenters. The third-order valence-corrected chi connectivity index (χ3v) is 1.93. The summed E-state index contributed by atoms with van der Waals surface area (Å²) in [5.74, 6) is 0.706. The third-order valence-electron chi connectivity index (χ3n) is 1.93. The van der Waals surface area contributed by atoms with E-state index in [0.29, 0.717) is 12.4 Å². The Labute approximate surface area is 80.6 Å². The molecule has 2 aromatic rings. The van der Waals surface area contributed by atoms with Gasteiger partial charge in [-0.1, -0.05) is 0 Å². The zero-order chi connectivity index (χ0) is 9.97. The number of aryl methyl sites for hydroxylation is 1. The molecule has 0 unspecified atom stereocenters. The molecule has 6 nitrogen and oxygen atoms in total. The molecule has 2 rings (SSSR count). The minimum Gasteiger partial charge on any atom is -0.395 e. The molecule has 0 aliphatic carbocycles. The average Bonchev–Trinajstić information content (AvgIpc) is 2.58. The Morgan fingerprint density at radius 1 is 1.50 bits per heavy atom. The van der Waals surface area contributed by atoms with E-state index in [9.17, 15) is 0 Å². The lowest BCUT2D eigenvalue weighted by molar-refractivity contribution is 0.311. The van der Waals surface area contributed by atoms with E-state index in [4.69, 9.17) is 5.11 Å². The fourth-order valence-corrected chi connectivity index (χ4v) is 1.28. The monoisotopic (exact) mass is 193 g/mol. The fourth-order valence-electron chi connectivity index (χ4n) is 1.28. The van der Waals surface area contributed by atoms with Gasteiger partial charge in [-0.25, -0.2) is 9.97 Å². The number of hydrogen-bond acceptors (Lipinski definition) is 5. The van der Waals surface area contributed by atoms with Crippen molar-refractivity contribution in [3.8, 4) is 0 Å². The molecule has 0 bridgehead atoms. The molecule has 0 aliphatic rings. The SMILES string of the molecule is Cn1ncc2c(NCCO)ncnc21. The second kappa shape index (κ2) is 3.59. The van der Waals surface area contributed by atoms with Crippen molar-refractivity contribution >= 4 is 16.9 Å². The van der Waals surface area contributed by atoms with E-state index in [0.717, 1.165) is 11.0 Å². The van der Waals surface area contributed by atoms with Crippen LogP contribution < -0.4 is 5.32 Å². The Balaban J connectivity index is 2.44. The molecule has 74 valence electrons. The molecule has 14 heavy (non-hydrogen) atoms. The second-order valence-electron chi connectivity index (χ2n) is 2.88. The normalized spacial score (nSPS) is 10.7. The maximum atomic E-state index is 8.68. The van der Waals surface area contributed by atoms with E-state index in [1.807, 2.05) is 7.05 Å². The Morgan fingerprint density at radius 3 is 3.14 bits per heavy atom. The van der Waals surface area contributed by atoms with Crippen LogP contribution in [0.5, 0.6) is 0 Å².